The lowest BCUT2D eigenvalue weighted by molar-refractivity contribution is -0.142. The van der Waals surface area contributed by atoms with Crippen molar-refractivity contribution in [2.24, 2.45) is 0 Å². The number of aromatic nitrogens is 1. The van der Waals surface area contributed by atoms with Crippen LogP contribution in [0.4, 0.5) is 5.69 Å². The Labute approximate surface area is 193 Å². The van der Waals surface area contributed by atoms with Gasteiger partial charge in [-0.1, -0.05) is 24.3 Å². The van der Waals surface area contributed by atoms with E-state index in [-0.39, 0.29) is 18.3 Å². The number of amides is 1. The van der Waals surface area contributed by atoms with Gasteiger partial charge in [0.2, 0.25) is 0 Å². The van der Waals surface area contributed by atoms with Crippen LogP contribution in [0.1, 0.15) is 23.0 Å². The first-order valence-corrected chi connectivity index (χ1v) is 10.9. The first-order valence-electron chi connectivity index (χ1n) is 10.1. The molecule has 0 atom stereocenters. The Bertz CT molecular complexity index is 1230. The van der Waals surface area contributed by atoms with Crippen molar-refractivity contribution in [3.63, 3.8) is 0 Å². The zero-order chi connectivity index (χ0) is 22.5. The molecule has 0 saturated heterocycles. The van der Waals surface area contributed by atoms with Crippen LogP contribution in [0, 0.1) is 0 Å². The fraction of sp³-hybridized carbons (Fsp3) is 0.120. The summed E-state index contributed by atoms with van der Waals surface area (Å²) < 4.78 is 11.6. The molecule has 7 heteroatoms. The van der Waals surface area contributed by atoms with Crippen LogP contribution in [-0.2, 0) is 16.0 Å². The lowest BCUT2D eigenvalue weighted by atomic mass is 10.1. The number of benzene rings is 3. The van der Waals surface area contributed by atoms with E-state index in [1.54, 1.807) is 37.3 Å². The van der Waals surface area contributed by atoms with Crippen LogP contribution in [-0.4, -0.2) is 23.5 Å². The zero-order valence-electron chi connectivity index (χ0n) is 17.4. The number of hydrogen-bond acceptors (Lipinski definition) is 4. The smallest absolute Gasteiger partial charge is 0.310 e. The SMILES string of the molecule is CCOC(=O)Cc1ccc(Oc2ccc(NC(=O)c3cc4ccccc4[nH]3)cc2)c(Br)c1. The highest BCUT2D eigenvalue weighted by Gasteiger charge is 2.11. The minimum Gasteiger partial charge on any atom is -0.466 e. The number of nitrogens with one attached hydrogen (secondary N) is 2. The lowest BCUT2D eigenvalue weighted by Gasteiger charge is -2.10. The molecule has 0 aliphatic heterocycles. The highest BCUT2D eigenvalue weighted by Crippen LogP contribution is 2.31. The molecule has 0 saturated carbocycles. The van der Waals surface area contributed by atoms with Crippen molar-refractivity contribution in [3.8, 4) is 11.5 Å². The molecular weight excluding hydrogens is 472 g/mol. The van der Waals surface area contributed by atoms with Gasteiger partial charge in [0.25, 0.3) is 5.91 Å². The topological polar surface area (TPSA) is 80.4 Å². The third-order valence-corrected chi connectivity index (χ3v) is 5.38. The van der Waals surface area contributed by atoms with Crippen molar-refractivity contribution < 1.29 is 19.1 Å². The molecule has 0 fully saturated rings. The van der Waals surface area contributed by atoms with Crippen LogP contribution < -0.4 is 10.1 Å². The van der Waals surface area contributed by atoms with Gasteiger partial charge in [0.05, 0.1) is 17.5 Å². The van der Waals surface area contributed by atoms with Gasteiger partial charge in [0.15, 0.2) is 0 Å². The Balaban J connectivity index is 1.39. The number of fused-ring (bicyclic) bond motifs is 1. The molecule has 1 heterocycles. The fourth-order valence-electron chi connectivity index (χ4n) is 3.24. The summed E-state index contributed by atoms with van der Waals surface area (Å²) in [5.41, 5.74) is 2.90. The molecule has 1 aromatic heterocycles. The second-order valence-electron chi connectivity index (χ2n) is 7.10. The summed E-state index contributed by atoms with van der Waals surface area (Å²) in [6, 6.07) is 22.1. The predicted octanol–water partition coefficient (Wildman–Crippen LogP) is 6.08. The number of ether oxygens (including phenoxy) is 2. The Morgan fingerprint density at radius 2 is 1.78 bits per heavy atom. The number of carbonyl (C=O) groups is 2. The minimum atomic E-state index is -0.266. The van der Waals surface area contributed by atoms with Gasteiger partial charge in [-0.3, -0.25) is 9.59 Å². The van der Waals surface area contributed by atoms with E-state index in [1.807, 2.05) is 42.5 Å². The zero-order valence-corrected chi connectivity index (χ0v) is 18.9. The van der Waals surface area contributed by atoms with E-state index in [4.69, 9.17) is 9.47 Å². The van der Waals surface area contributed by atoms with Crippen LogP contribution in [0.3, 0.4) is 0 Å². The maximum Gasteiger partial charge on any atom is 0.310 e. The molecule has 32 heavy (non-hydrogen) atoms. The number of rotatable bonds is 7. The second kappa shape index (κ2) is 9.70. The maximum absolute atomic E-state index is 12.5. The van der Waals surface area contributed by atoms with Crippen molar-refractivity contribution in [2.45, 2.75) is 13.3 Å². The van der Waals surface area contributed by atoms with E-state index in [0.29, 0.717) is 29.5 Å². The first kappa shape index (κ1) is 21.6. The number of carbonyl (C=O) groups excluding carboxylic acids is 2. The Morgan fingerprint density at radius 1 is 1.00 bits per heavy atom. The van der Waals surface area contributed by atoms with Crippen LogP contribution in [0.15, 0.2) is 77.3 Å². The molecule has 0 aliphatic carbocycles. The number of para-hydroxylation sites is 1. The molecule has 6 nitrogen and oxygen atoms in total. The monoisotopic (exact) mass is 492 g/mol. The number of hydrogen-bond donors (Lipinski definition) is 2. The molecule has 4 aromatic rings. The Hall–Kier alpha value is -3.58. The van der Waals surface area contributed by atoms with E-state index in [0.717, 1.165) is 20.9 Å². The molecule has 0 unspecified atom stereocenters. The number of H-pyrrole nitrogens is 1. The molecule has 0 spiro atoms. The van der Waals surface area contributed by atoms with Crippen LogP contribution >= 0.6 is 15.9 Å². The Morgan fingerprint density at radius 3 is 2.50 bits per heavy atom. The number of esters is 1. The average Bonchev–Trinajstić information content (AvgIpc) is 3.22. The summed E-state index contributed by atoms with van der Waals surface area (Å²) in [5.74, 6) is 0.757. The molecule has 3 aromatic carbocycles. The lowest BCUT2D eigenvalue weighted by Crippen LogP contribution is -2.12. The third kappa shape index (κ3) is 5.18. The Kier molecular flexibility index (Phi) is 6.56. The van der Waals surface area contributed by atoms with Crippen LogP contribution in [0.2, 0.25) is 0 Å². The summed E-state index contributed by atoms with van der Waals surface area (Å²) in [6.07, 6.45) is 0.206. The fourth-order valence-corrected chi connectivity index (χ4v) is 3.75. The maximum atomic E-state index is 12.5. The van der Waals surface area contributed by atoms with Gasteiger partial charge in [-0.2, -0.15) is 0 Å². The highest BCUT2D eigenvalue weighted by atomic mass is 79.9. The highest BCUT2D eigenvalue weighted by molar-refractivity contribution is 9.10. The summed E-state index contributed by atoms with van der Waals surface area (Å²) in [4.78, 5) is 27.3. The van der Waals surface area contributed by atoms with Gasteiger partial charge in [-0.05, 0) is 76.9 Å². The van der Waals surface area contributed by atoms with E-state index >= 15 is 0 Å². The van der Waals surface area contributed by atoms with E-state index in [1.165, 1.54) is 0 Å². The van der Waals surface area contributed by atoms with Gasteiger partial charge < -0.3 is 19.8 Å². The molecule has 2 N–H and O–H groups in total. The molecule has 162 valence electrons. The predicted molar refractivity (Wildman–Crippen MR) is 127 cm³/mol. The minimum absolute atomic E-state index is 0.206. The molecule has 0 aliphatic rings. The third-order valence-electron chi connectivity index (χ3n) is 4.76. The van der Waals surface area contributed by atoms with Crippen LogP contribution in [0.25, 0.3) is 10.9 Å². The number of aromatic amines is 1. The standard InChI is InChI=1S/C25H21BrN2O4/c1-2-31-24(29)14-16-7-12-23(20(26)13-16)32-19-10-8-18(9-11-19)27-25(30)22-15-17-5-3-4-6-21(17)28-22/h3-13,15,28H,2,14H2,1H3,(H,27,30). The van der Waals surface area contributed by atoms with Gasteiger partial charge in [-0.15, -0.1) is 0 Å². The second-order valence-corrected chi connectivity index (χ2v) is 7.95. The number of halogens is 1. The van der Waals surface area contributed by atoms with Crippen molar-refractivity contribution in [1.29, 1.82) is 0 Å². The summed E-state index contributed by atoms with van der Waals surface area (Å²) in [7, 11) is 0. The van der Waals surface area contributed by atoms with E-state index in [9.17, 15) is 9.59 Å². The number of anilines is 1. The largest absolute Gasteiger partial charge is 0.466 e. The molecule has 4 rings (SSSR count). The average molecular weight is 493 g/mol. The molecule has 0 radical (unpaired) electrons. The quantitative estimate of drug-likeness (QED) is 0.306. The van der Waals surface area contributed by atoms with Crippen molar-refractivity contribution in [1.82, 2.24) is 4.98 Å². The van der Waals surface area contributed by atoms with Gasteiger partial charge in [-0.25, -0.2) is 0 Å². The summed E-state index contributed by atoms with van der Waals surface area (Å²) in [5, 5.41) is 3.87. The van der Waals surface area contributed by atoms with Crippen molar-refractivity contribution in [3.05, 3.63) is 88.5 Å². The summed E-state index contributed by atoms with van der Waals surface area (Å²) in [6.45, 7) is 2.14. The first-order chi connectivity index (χ1) is 15.5. The van der Waals surface area contributed by atoms with E-state index in [2.05, 4.69) is 26.2 Å². The molecule has 0 bridgehead atoms. The normalized spacial score (nSPS) is 10.7. The van der Waals surface area contributed by atoms with Crippen molar-refractivity contribution >= 4 is 44.4 Å². The molecular formula is C25H21BrN2O4. The summed E-state index contributed by atoms with van der Waals surface area (Å²) >= 11 is 3.48. The van der Waals surface area contributed by atoms with Gasteiger partial charge >= 0.3 is 5.97 Å². The van der Waals surface area contributed by atoms with Gasteiger partial charge in [0.1, 0.15) is 17.2 Å². The van der Waals surface area contributed by atoms with Crippen molar-refractivity contribution in [2.75, 3.05) is 11.9 Å². The van der Waals surface area contributed by atoms with E-state index < -0.39 is 0 Å². The molecule has 1 amide bonds. The van der Waals surface area contributed by atoms with Gasteiger partial charge in [0, 0.05) is 16.6 Å². The van der Waals surface area contributed by atoms with Crippen LogP contribution in [0.5, 0.6) is 11.5 Å².